The highest BCUT2D eigenvalue weighted by atomic mass is 19.4. The van der Waals surface area contributed by atoms with E-state index < -0.39 is 17.8 Å². The molecular weight excluding hydrogens is 439 g/mol. The molecule has 3 aromatic heterocycles. The van der Waals surface area contributed by atoms with Crippen LogP contribution in [0.3, 0.4) is 0 Å². The first-order chi connectivity index (χ1) is 15.7. The van der Waals surface area contributed by atoms with E-state index in [1.54, 1.807) is 18.3 Å². The quantitative estimate of drug-likeness (QED) is 0.540. The summed E-state index contributed by atoms with van der Waals surface area (Å²) in [5, 5.41) is 11.9. The van der Waals surface area contributed by atoms with Gasteiger partial charge in [-0.05, 0) is 30.3 Å². The van der Waals surface area contributed by atoms with Gasteiger partial charge in [0.15, 0.2) is 0 Å². The van der Waals surface area contributed by atoms with E-state index in [1.807, 2.05) is 11.0 Å². The second-order valence-corrected chi connectivity index (χ2v) is 7.38. The number of rotatable bonds is 4. The van der Waals surface area contributed by atoms with Gasteiger partial charge in [-0.1, -0.05) is 0 Å². The fraction of sp³-hybridized carbons (Fsp3) is 0.238. The summed E-state index contributed by atoms with van der Waals surface area (Å²) in [6.45, 7) is 1.74. The zero-order valence-electron chi connectivity index (χ0n) is 17.3. The van der Waals surface area contributed by atoms with Gasteiger partial charge in [-0.25, -0.2) is 19.7 Å². The number of piperazine rings is 1. The van der Waals surface area contributed by atoms with Gasteiger partial charge in [-0.3, -0.25) is 0 Å². The third kappa shape index (κ3) is 5.22. The summed E-state index contributed by atoms with van der Waals surface area (Å²) in [6.07, 6.45) is -2.76. The maximum Gasteiger partial charge on any atom is 0.416 e. The smallest absolute Gasteiger partial charge is 0.416 e. The summed E-state index contributed by atoms with van der Waals surface area (Å²) in [7, 11) is 0. The van der Waals surface area contributed by atoms with Gasteiger partial charge in [0.2, 0.25) is 0 Å². The second-order valence-electron chi connectivity index (χ2n) is 7.38. The highest BCUT2D eigenvalue weighted by Gasteiger charge is 2.30. The first kappa shape index (κ1) is 22.1. The fourth-order valence-corrected chi connectivity index (χ4v) is 3.45. The van der Waals surface area contributed by atoms with E-state index in [2.05, 4.69) is 20.3 Å². The average Bonchev–Trinajstić information content (AvgIpc) is 2.78. The summed E-state index contributed by atoms with van der Waals surface area (Å²) in [5.74, 6) is 0.890. The number of carboxylic acid groups (broad SMARTS) is 1. The van der Waals surface area contributed by atoms with Gasteiger partial charge in [-0.15, -0.1) is 0 Å². The predicted molar refractivity (Wildman–Crippen MR) is 116 cm³/mol. The van der Waals surface area contributed by atoms with Gasteiger partial charge in [0.1, 0.15) is 17.5 Å². The van der Waals surface area contributed by atoms with E-state index in [1.165, 1.54) is 11.0 Å². The largest absolute Gasteiger partial charge is 0.465 e. The van der Waals surface area contributed by atoms with Crippen LogP contribution in [0.1, 0.15) is 5.56 Å². The molecule has 1 amide bonds. The van der Waals surface area contributed by atoms with Crippen LogP contribution < -0.4 is 16.0 Å². The number of amides is 1. The molecule has 0 aliphatic carbocycles. The molecule has 0 saturated carbocycles. The molecule has 0 spiro atoms. The van der Waals surface area contributed by atoms with E-state index in [-0.39, 0.29) is 11.6 Å². The number of halogens is 3. The van der Waals surface area contributed by atoms with Crippen molar-refractivity contribution in [1.82, 2.24) is 19.9 Å². The minimum absolute atomic E-state index is 0.0133. The monoisotopic (exact) mass is 459 g/mol. The molecule has 0 aromatic carbocycles. The summed E-state index contributed by atoms with van der Waals surface area (Å²) in [6, 6.07) is 8.48. The molecule has 0 atom stereocenters. The Morgan fingerprint density at radius 3 is 2.42 bits per heavy atom. The highest BCUT2D eigenvalue weighted by molar-refractivity contribution is 5.71. The van der Waals surface area contributed by atoms with Crippen molar-refractivity contribution in [3.63, 3.8) is 0 Å². The Bertz CT molecular complexity index is 1160. The van der Waals surface area contributed by atoms with Crippen molar-refractivity contribution in [3.8, 4) is 11.3 Å². The minimum Gasteiger partial charge on any atom is -0.465 e. The molecule has 4 heterocycles. The Kier molecular flexibility index (Phi) is 5.90. The lowest BCUT2D eigenvalue weighted by Gasteiger charge is -2.33. The van der Waals surface area contributed by atoms with Crippen molar-refractivity contribution in [2.24, 2.45) is 0 Å². The zero-order valence-corrected chi connectivity index (χ0v) is 17.3. The molecule has 4 rings (SSSR count). The average molecular weight is 459 g/mol. The molecule has 1 aliphatic heterocycles. The third-order valence-corrected chi connectivity index (χ3v) is 5.11. The molecule has 9 nitrogen and oxygen atoms in total. The van der Waals surface area contributed by atoms with Gasteiger partial charge < -0.3 is 26.0 Å². The lowest BCUT2D eigenvalue weighted by atomic mass is 10.1. The van der Waals surface area contributed by atoms with Crippen molar-refractivity contribution in [1.29, 1.82) is 0 Å². The SMILES string of the molecule is Nc1cc(Nc2cc(C(F)(F)F)ccn2)nc(-c2ccnc(N3CCN(C(=O)O)CC3)c2)c1. The summed E-state index contributed by atoms with van der Waals surface area (Å²) in [4.78, 5) is 27.2. The van der Waals surface area contributed by atoms with Crippen molar-refractivity contribution in [2.75, 3.05) is 42.1 Å². The number of nitrogens with one attached hydrogen (secondary N) is 1. The summed E-state index contributed by atoms with van der Waals surface area (Å²) >= 11 is 0. The normalized spacial score (nSPS) is 14.3. The maximum absolute atomic E-state index is 13.0. The Hall–Kier alpha value is -4.09. The number of nitrogens with zero attached hydrogens (tertiary/aromatic N) is 5. The van der Waals surface area contributed by atoms with Crippen LogP contribution in [0, 0.1) is 0 Å². The third-order valence-electron chi connectivity index (χ3n) is 5.11. The number of anilines is 4. The second kappa shape index (κ2) is 8.81. The van der Waals surface area contributed by atoms with Crippen LogP contribution in [0.25, 0.3) is 11.3 Å². The number of hydrogen-bond acceptors (Lipinski definition) is 7. The predicted octanol–water partition coefficient (Wildman–Crippen LogP) is 3.68. The molecule has 4 N–H and O–H groups in total. The van der Waals surface area contributed by atoms with Gasteiger partial charge in [0.05, 0.1) is 11.3 Å². The first-order valence-corrected chi connectivity index (χ1v) is 9.96. The topological polar surface area (TPSA) is 120 Å². The molecular formula is C21H20F3N7O2. The number of pyridine rings is 3. The van der Waals surface area contributed by atoms with Crippen LogP contribution in [0.2, 0.25) is 0 Å². The lowest BCUT2D eigenvalue weighted by molar-refractivity contribution is -0.137. The Morgan fingerprint density at radius 1 is 1.00 bits per heavy atom. The molecule has 0 bridgehead atoms. The molecule has 0 radical (unpaired) electrons. The van der Waals surface area contributed by atoms with E-state index >= 15 is 0 Å². The number of hydrogen-bond donors (Lipinski definition) is 3. The van der Waals surface area contributed by atoms with E-state index in [0.717, 1.165) is 18.3 Å². The Morgan fingerprint density at radius 2 is 1.73 bits per heavy atom. The molecule has 1 aliphatic rings. The molecule has 1 fully saturated rings. The van der Waals surface area contributed by atoms with Gasteiger partial charge in [0, 0.05) is 55.9 Å². The zero-order chi connectivity index (χ0) is 23.6. The maximum atomic E-state index is 13.0. The Balaban J connectivity index is 1.56. The van der Waals surface area contributed by atoms with Crippen molar-refractivity contribution >= 4 is 29.2 Å². The van der Waals surface area contributed by atoms with Crippen molar-refractivity contribution in [3.05, 3.63) is 54.4 Å². The Labute approximate surface area is 186 Å². The van der Waals surface area contributed by atoms with Crippen LogP contribution in [-0.4, -0.2) is 57.2 Å². The number of alkyl halides is 3. The van der Waals surface area contributed by atoms with Crippen LogP contribution >= 0.6 is 0 Å². The standard InChI is InChI=1S/C21H20F3N7O2/c22-21(23,24)14-2-4-26-17(10-14)29-18-12-15(25)11-16(28-18)13-1-3-27-19(9-13)30-5-7-31(8-6-30)20(32)33/h1-4,9-12H,5-8H2,(H,32,33)(H3,25,26,28,29). The van der Waals surface area contributed by atoms with Gasteiger partial charge >= 0.3 is 12.3 Å². The van der Waals surface area contributed by atoms with Crippen molar-refractivity contribution < 1.29 is 23.1 Å². The number of nitrogens with two attached hydrogens (primary N) is 1. The molecule has 33 heavy (non-hydrogen) atoms. The van der Waals surface area contributed by atoms with Gasteiger partial charge in [0.25, 0.3) is 0 Å². The highest BCUT2D eigenvalue weighted by Crippen LogP contribution is 2.31. The minimum atomic E-state index is -4.49. The van der Waals surface area contributed by atoms with E-state index in [4.69, 9.17) is 10.8 Å². The summed E-state index contributed by atoms with van der Waals surface area (Å²) in [5.41, 5.74) is 6.74. The van der Waals surface area contributed by atoms with Crippen LogP contribution in [0.5, 0.6) is 0 Å². The molecule has 12 heteroatoms. The van der Waals surface area contributed by atoms with Crippen LogP contribution in [0.15, 0.2) is 48.8 Å². The van der Waals surface area contributed by atoms with E-state index in [0.29, 0.717) is 48.9 Å². The molecule has 3 aromatic rings. The van der Waals surface area contributed by atoms with E-state index in [9.17, 15) is 18.0 Å². The van der Waals surface area contributed by atoms with Crippen molar-refractivity contribution in [2.45, 2.75) is 6.18 Å². The fourth-order valence-electron chi connectivity index (χ4n) is 3.45. The number of aromatic nitrogens is 3. The molecule has 0 unspecified atom stereocenters. The number of nitrogen functional groups attached to an aromatic ring is 1. The number of carbonyl (C=O) groups is 1. The first-order valence-electron chi connectivity index (χ1n) is 9.96. The summed E-state index contributed by atoms with van der Waals surface area (Å²) < 4.78 is 38.9. The van der Waals surface area contributed by atoms with Crippen LogP contribution in [0.4, 0.5) is 41.1 Å². The molecule has 1 saturated heterocycles. The lowest BCUT2D eigenvalue weighted by Crippen LogP contribution is -2.48. The van der Waals surface area contributed by atoms with Gasteiger partial charge in [-0.2, -0.15) is 13.2 Å². The van der Waals surface area contributed by atoms with Crippen LogP contribution in [-0.2, 0) is 6.18 Å². The molecule has 172 valence electrons.